The first kappa shape index (κ1) is 50.1. The fourth-order valence-corrected chi connectivity index (χ4v) is 6.48. The summed E-state index contributed by atoms with van der Waals surface area (Å²) in [6, 6.07) is -0.722. The molecule has 0 aliphatic rings. The van der Waals surface area contributed by atoms with Gasteiger partial charge in [0.25, 0.3) is 0 Å². The average Bonchev–Trinajstić information content (AvgIpc) is 3.09. The highest BCUT2D eigenvalue weighted by molar-refractivity contribution is 5.70. The second-order valence-corrected chi connectivity index (χ2v) is 15.9. The molecule has 0 rings (SSSR count). The van der Waals surface area contributed by atoms with E-state index in [1.807, 2.05) is 0 Å². The summed E-state index contributed by atoms with van der Waals surface area (Å²) in [7, 11) is 5.41. The fourth-order valence-electron chi connectivity index (χ4n) is 6.48. The third kappa shape index (κ3) is 33.9. The molecule has 52 heavy (non-hydrogen) atoms. The monoisotopic (exact) mass is 738 g/mol. The highest BCUT2D eigenvalue weighted by Crippen LogP contribution is 2.15. The minimum absolute atomic E-state index is 0.0426. The number of unbranched alkanes of at least 4 members (excludes halogenated alkanes) is 23. The van der Waals surface area contributed by atoms with Crippen molar-refractivity contribution in [2.75, 3.05) is 41.0 Å². The Balaban J connectivity index is 4.31. The number of likely N-dealkylation sites (N-methyl/N-ethyl adjacent to an activating group) is 1. The number of aliphatic carboxylic acids is 1. The molecule has 0 aromatic rings. The maximum Gasteiger partial charge on any atom is 0.306 e. The van der Waals surface area contributed by atoms with Crippen LogP contribution in [0.15, 0.2) is 12.2 Å². The van der Waals surface area contributed by atoms with Gasteiger partial charge in [-0.25, -0.2) is 0 Å². The Kier molecular flexibility index (Phi) is 34.7. The van der Waals surface area contributed by atoms with Crippen molar-refractivity contribution in [3.8, 4) is 0 Å². The molecular formula is C44H83NO7. The molecule has 0 bridgehead atoms. The van der Waals surface area contributed by atoms with Crippen molar-refractivity contribution in [3.05, 3.63) is 12.2 Å². The van der Waals surface area contributed by atoms with Gasteiger partial charge in [0, 0.05) is 19.3 Å². The van der Waals surface area contributed by atoms with Crippen molar-refractivity contribution in [3.63, 3.8) is 0 Å². The lowest BCUT2D eigenvalue weighted by Crippen LogP contribution is -2.55. The summed E-state index contributed by atoms with van der Waals surface area (Å²) in [5, 5.41) is 11.6. The van der Waals surface area contributed by atoms with E-state index >= 15 is 0 Å². The standard InChI is InChI=1S/C44H83NO7/c1-6-8-10-12-14-16-18-20-21-22-23-25-26-28-30-32-34-42(46)51-39-40(38-50-37-36-41(44(48)49)45(3,4)5)52-43(47)35-33-31-29-27-24-19-17-15-13-11-9-7-2/h15,17,40-41H,6-14,16,18-39H2,1-5H3/b17-15+. The van der Waals surface area contributed by atoms with Gasteiger partial charge in [-0.3, -0.25) is 9.59 Å². The van der Waals surface area contributed by atoms with Crippen molar-refractivity contribution >= 4 is 17.9 Å². The van der Waals surface area contributed by atoms with E-state index in [9.17, 15) is 19.5 Å². The first-order valence-corrected chi connectivity index (χ1v) is 21.7. The SMILES string of the molecule is CCCCC/C=C/CCCCCCCC(=O)OC(COCCC(C(=O)[O-])[N+](C)(C)C)COC(=O)CCCCCCCCCCCCCCCCCC. The molecule has 0 aliphatic heterocycles. The van der Waals surface area contributed by atoms with Crippen LogP contribution in [-0.4, -0.2) is 75.5 Å². The second kappa shape index (κ2) is 36.1. The van der Waals surface area contributed by atoms with Crippen molar-refractivity contribution in [1.29, 1.82) is 0 Å². The van der Waals surface area contributed by atoms with Gasteiger partial charge in [0.15, 0.2) is 6.10 Å². The van der Waals surface area contributed by atoms with Gasteiger partial charge >= 0.3 is 11.9 Å². The van der Waals surface area contributed by atoms with Gasteiger partial charge in [-0.05, 0) is 38.5 Å². The number of hydrogen-bond acceptors (Lipinski definition) is 7. The summed E-state index contributed by atoms with van der Waals surface area (Å²) >= 11 is 0. The van der Waals surface area contributed by atoms with Gasteiger partial charge in [0.1, 0.15) is 12.6 Å². The Labute approximate surface area is 320 Å². The zero-order valence-corrected chi connectivity index (χ0v) is 34.7. The minimum Gasteiger partial charge on any atom is -0.544 e. The molecule has 0 saturated heterocycles. The number of quaternary nitrogens is 1. The highest BCUT2D eigenvalue weighted by Gasteiger charge is 2.25. The highest BCUT2D eigenvalue weighted by atomic mass is 16.6. The van der Waals surface area contributed by atoms with Crippen LogP contribution in [0.1, 0.15) is 200 Å². The molecule has 2 unspecified atom stereocenters. The third-order valence-electron chi connectivity index (χ3n) is 9.90. The van der Waals surface area contributed by atoms with E-state index in [2.05, 4.69) is 26.0 Å². The molecule has 0 aromatic heterocycles. The summed E-state index contributed by atoms with van der Waals surface area (Å²) in [5.41, 5.74) is 0. The van der Waals surface area contributed by atoms with Crippen molar-refractivity contribution in [2.45, 2.75) is 212 Å². The van der Waals surface area contributed by atoms with E-state index in [4.69, 9.17) is 14.2 Å². The molecule has 0 saturated carbocycles. The third-order valence-corrected chi connectivity index (χ3v) is 9.90. The smallest absolute Gasteiger partial charge is 0.306 e. The number of ether oxygens (including phenoxy) is 3. The maximum absolute atomic E-state index is 12.7. The van der Waals surface area contributed by atoms with Crippen LogP contribution in [0, 0.1) is 0 Å². The zero-order chi connectivity index (χ0) is 38.5. The first-order chi connectivity index (χ1) is 25.1. The Bertz CT molecular complexity index is 869. The van der Waals surface area contributed by atoms with Crippen LogP contribution in [0.5, 0.6) is 0 Å². The molecule has 0 aliphatic carbocycles. The molecule has 0 heterocycles. The number of carbonyl (C=O) groups excluding carboxylic acids is 3. The van der Waals surface area contributed by atoms with Gasteiger partial charge in [-0.1, -0.05) is 154 Å². The van der Waals surface area contributed by atoms with E-state index in [0.29, 0.717) is 12.8 Å². The largest absolute Gasteiger partial charge is 0.544 e. The molecule has 0 N–H and O–H groups in total. The number of carboxylic acids is 1. The summed E-state index contributed by atoms with van der Waals surface area (Å²) in [4.78, 5) is 36.8. The predicted octanol–water partition coefficient (Wildman–Crippen LogP) is 10.2. The van der Waals surface area contributed by atoms with Crippen LogP contribution in [0.3, 0.4) is 0 Å². The Morgan fingerprint density at radius 3 is 1.42 bits per heavy atom. The van der Waals surface area contributed by atoms with Crippen LogP contribution < -0.4 is 5.11 Å². The molecule has 8 heteroatoms. The molecule has 306 valence electrons. The number of nitrogens with zero attached hydrogens (tertiary/aromatic N) is 1. The second-order valence-electron chi connectivity index (χ2n) is 15.9. The van der Waals surface area contributed by atoms with Crippen LogP contribution in [-0.2, 0) is 28.6 Å². The quantitative estimate of drug-likeness (QED) is 0.0268. The van der Waals surface area contributed by atoms with Crippen molar-refractivity contribution < 1.29 is 38.2 Å². The molecule has 0 spiro atoms. The van der Waals surface area contributed by atoms with Crippen LogP contribution in [0.25, 0.3) is 0 Å². The number of hydrogen-bond donors (Lipinski definition) is 0. The molecule has 0 aromatic carbocycles. The molecule has 8 nitrogen and oxygen atoms in total. The minimum atomic E-state index is -1.12. The molecule has 0 radical (unpaired) electrons. The summed E-state index contributed by atoms with van der Waals surface area (Å²) in [6.07, 6.45) is 36.6. The molecular weight excluding hydrogens is 654 g/mol. The number of allylic oxidation sites excluding steroid dienone is 2. The van der Waals surface area contributed by atoms with Crippen LogP contribution in [0.2, 0.25) is 0 Å². The van der Waals surface area contributed by atoms with Gasteiger partial charge < -0.3 is 28.6 Å². The Morgan fingerprint density at radius 1 is 0.558 bits per heavy atom. The molecule has 2 atom stereocenters. The summed E-state index contributed by atoms with van der Waals surface area (Å²) < 4.78 is 17.1. The number of esters is 2. The lowest BCUT2D eigenvalue weighted by atomic mass is 10.0. The first-order valence-electron chi connectivity index (χ1n) is 21.7. The normalized spacial score (nSPS) is 13.0. The van der Waals surface area contributed by atoms with Gasteiger partial charge in [-0.15, -0.1) is 0 Å². The average molecular weight is 738 g/mol. The van der Waals surface area contributed by atoms with Gasteiger partial charge in [0.05, 0.1) is 40.3 Å². The van der Waals surface area contributed by atoms with E-state index in [1.54, 1.807) is 21.1 Å². The number of rotatable bonds is 39. The maximum atomic E-state index is 12.7. The molecule has 0 fully saturated rings. The van der Waals surface area contributed by atoms with Crippen molar-refractivity contribution in [2.24, 2.45) is 0 Å². The fraction of sp³-hybridized carbons (Fsp3) is 0.886. The molecule has 0 amide bonds. The lowest BCUT2D eigenvalue weighted by molar-refractivity contribution is -0.889. The van der Waals surface area contributed by atoms with Crippen LogP contribution in [0.4, 0.5) is 0 Å². The van der Waals surface area contributed by atoms with E-state index in [-0.39, 0.29) is 42.7 Å². The van der Waals surface area contributed by atoms with Crippen LogP contribution >= 0.6 is 0 Å². The summed E-state index contributed by atoms with van der Waals surface area (Å²) in [6.45, 7) is 4.65. The number of carboxylic acid groups (broad SMARTS) is 1. The Hall–Kier alpha value is -1.93. The van der Waals surface area contributed by atoms with E-state index in [0.717, 1.165) is 51.4 Å². The van der Waals surface area contributed by atoms with E-state index < -0.39 is 18.1 Å². The van der Waals surface area contributed by atoms with E-state index in [1.165, 1.54) is 116 Å². The summed E-state index contributed by atoms with van der Waals surface area (Å²) in [5.74, 6) is -1.73. The van der Waals surface area contributed by atoms with Crippen molar-refractivity contribution in [1.82, 2.24) is 0 Å². The topological polar surface area (TPSA) is 102 Å². The zero-order valence-electron chi connectivity index (χ0n) is 34.7. The lowest BCUT2D eigenvalue weighted by Gasteiger charge is -2.34. The number of carbonyl (C=O) groups is 3. The van der Waals surface area contributed by atoms with Gasteiger partial charge in [-0.2, -0.15) is 0 Å². The Morgan fingerprint density at radius 2 is 0.962 bits per heavy atom. The predicted molar refractivity (Wildman–Crippen MR) is 213 cm³/mol. The van der Waals surface area contributed by atoms with Gasteiger partial charge in [0.2, 0.25) is 0 Å².